The lowest BCUT2D eigenvalue weighted by molar-refractivity contribution is -0.113. The second kappa shape index (κ2) is 10.3. The number of carbonyl (C=O) groups excluding carboxylic acids is 1. The molecule has 3 aromatic rings. The summed E-state index contributed by atoms with van der Waals surface area (Å²) in [6.07, 6.45) is 4.50. The van der Waals surface area contributed by atoms with Gasteiger partial charge in [-0.15, -0.1) is 10.2 Å². The third kappa shape index (κ3) is 4.99. The van der Waals surface area contributed by atoms with E-state index in [1.54, 1.807) is 7.11 Å². The van der Waals surface area contributed by atoms with E-state index in [-0.39, 0.29) is 11.7 Å². The molecule has 0 saturated heterocycles. The summed E-state index contributed by atoms with van der Waals surface area (Å²) in [5.41, 5.74) is 3.34. The zero-order valence-electron chi connectivity index (χ0n) is 18.8. The minimum Gasteiger partial charge on any atom is -0.495 e. The van der Waals surface area contributed by atoms with Crippen LogP contribution in [0.25, 0.3) is 0 Å². The molecule has 172 valence electrons. The number of aromatic nitrogens is 3. The molecule has 1 amide bonds. The van der Waals surface area contributed by atoms with Gasteiger partial charge in [-0.1, -0.05) is 48.1 Å². The highest BCUT2D eigenvalue weighted by Crippen LogP contribution is 2.38. The average molecular weight is 483 g/mol. The van der Waals surface area contributed by atoms with Gasteiger partial charge in [0.2, 0.25) is 11.0 Å². The Bertz CT molecular complexity index is 1190. The van der Waals surface area contributed by atoms with Crippen molar-refractivity contribution in [1.82, 2.24) is 14.8 Å². The van der Waals surface area contributed by atoms with Gasteiger partial charge in [-0.25, -0.2) is 0 Å². The Balaban J connectivity index is 1.42. The number of amides is 1. The minimum absolute atomic E-state index is 0.164. The smallest absolute Gasteiger partial charge is 0.235 e. The average Bonchev–Trinajstić information content (AvgIpc) is 3.54. The third-order valence-corrected chi connectivity index (χ3v) is 7.87. The number of nitrogens with one attached hydrogen (secondary N) is 2. The summed E-state index contributed by atoms with van der Waals surface area (Å²) in [4.78, 5) is 12.8. The standard InChI is InChI=1S/C23H26N6O2S2/c1-14-15(2)29(16-8-4-5-9-16)21(17(14)12-24)26-20(30)13-32-23-28-27-22(33-23)25-18-10-6-7-11-19(18)31-3/h6-7,10-11,16H,4-5,8-9,13H2,1-3H3,(H,25,27)(H,26,30). The van der Waals surface area contributed by atoms with Crippen LogP contribution in [-0.4, -0.2) is 33.5 Å². The van der Waals surface area contributed by atoms with Gasteiger partial charge >= 0.3 is 0 Å². The van der Waals surface area contributed by atoms with Crippen molar-refractivity contribution < 1.29 is 9.53 Å². The Morgan fingerprint density at radius 3 is 2.79 bits per heavy atom. The Kier molecular flexibility index (Phi) is 7.20. The molecule has 0 radical (unpaired) electrons. The summed E-state index contributed by atoms with van der Waals surface area (Å²) < 4.78 is 8.18. The molecule has 0 unspecified atom stereocenters. The maximum atomic E-state index is 12.8. The van der Waals surface area contributed by atoms with Crippen LogP contribution < -0.4 is 15.4 Å². The summed E-state index contributed by atoms with van der Waals surface area (Å²) in [7, 11) is 1.62. The fourth-order valence-corrected chi connectivity index (χ4v) is 5.75. The van der Waals surface area contributed by atoms with Crippen molar-refractivity contribution in [2.75, 3.05) is 23.5 Å². The maximum absolute atomic E-state index is 12.8. The number of nitriles is 1. The summed E-state index contributed by atoms with van der Waals surface area (Å²) in [5.74, 6) is 1.36. The van der Waals surface area contributed by atoms with Crippen LogP contribution >= 0.6 is 23.1 Å². The molecular weight excluding hydrogens is 456 g/mol. The molecule has 2 heterocycles. The first kappa shape index (κ1) is 23.1. The normalized spacial score (nSPS) is 13.6. The molecule has 1 aliphatic carbocycles. The van der Waals surface area contributed by atoms with E-state index in [0.29, 0.717) is 32.6 Å². The first-order valence-electron chi connectivity index (χ1n) is 10.8. The predicted molar refractivity (Wildman–Crippen MR) is 132 cm³/mol. The van der Waals surface area contributed by atoms with Crippen molar-refractivity contribution in [3.05, 3.63) is 41.1 Å². The first-order chi connectivity index (χ1) is 16.0. The second-order valence-corrected chi connectivity index (χ2v) is 10.1. The van der Waals surface area contributed by atoms with Crippen LogP contribution in [0.3, 0.4) is 0 Å². The molecule has 1 aliphatic rings. The van der Waals surface area contributed by atoms with E-state index in [1.807, 2.05) is 38.1 Å². The number of hydrogen-bond donors (Lipinski definition) is 2. The van der Waals surface area contributed by atoms with E-state index in [2.05, 4.69) is 31.5 Å². The molecule has 1 fully saturated rings. The van der Waals surface area contributed by atoms with Gasteiger partial charge in [-0.05, 0) is 44.4 Å². The van der Waals surface area contributed by atoms with Crippen LogP contribution in [0.1, 0.15) is 48.5 Å². The number of thioether (sulfide) groups is 1. The van der Waals surface area contributed by atoms with Crippen molar-refractivity contribution in [3.8, 4) is 11.8 Å². The van der Waals surface area contributed by atoms with Gasteiger partial charge in [-0.2, -0.15) is 5.26 Å². The molecule has 4 rings (SSSR count). The van der Waals surface area contributed by atoms with Gasteiger partial charge in [0.1, 0.15) is 17.6 Å². The fourth-order valence-electron chi connectivity index (χ4n) is 4.18. The Morgan fingerprint density at radius 2 is 2.06 bits per heavy atom. The lowest BCUT2D eigenvalue weighted by atomic mass is 10.2. The van der Waals surface area contributed by atoms with Crippen LogP contribution in [0.4, 0.5) is 16.6 Å². The maximum Gasteiger partial charge on any atom is 0.235 e. The van der Waals surface area contributed by atoms with Gasteiger partial charge in [0.25, 0.3) is 0 Å². The van der Waals surface area contributed by atoms with Crippen LogP contribution in [0.5, 0.6) is 5.75 Å². The lowest BCUT2D eigenvalue weighted by Gasteiger charge is -2.19. The van der Waals surface area contributed by atoms with Crippen molar-refractivity contribution in [2.45, 2.75) is 49.9 Å². The molecule has 1 saturated carbocycles. The van der Waals surface area contributed by atoms with E-state index < -0.39 is 0 Å². The number of benzene rings is 1. The number of rotatable bonds is 8. The number of nitrogens with zero attached hydrogens (tertiary/aromatic N) is 4. The number of carbonyl (C=O) groups is 1. The van der Waals surface area contributed by atoms with Gasteiger partial charge in [-0.3, -0.25) is 4.79 Å². The van der Waals surface area contributed by atoms with Gasteiger partial charge in [0.15, 0.2) is 4.34 Å². The zero-order chi connectivity index (χ0) is 23.4. The number of methoxy groups -OCH3 is 1. The lowest BCUT2D eigenvalue weighted by Crippen LogP contribution is -2.19. The Hall–Kier alpha value is -3.03. The van der Waals surface area contributed by atoms with Gasteiger partial charge in [0.05, 0.1) is 24.1 Å². The fraction of sp³-hybridized carbons (Fsp3) is 0.391. The molecule has 33 heavy (non-hydrogen) atoms. The van der Waals surface area contributed by atoms with Crippen LogP contribution in [0.2, 0.25) is 0 Å². The number of para-hydroxylation sites is 2. The number of hydrogen-bond acceptors (Lipinski definition) is 8. The number of ether oxygens (including phenoxy) is 1. The quantitative estimate of drug-likeness (QED) is 0.413. The first-order valence-corrected chi connectivity index (χ1v) is 12.6. The Labute approximate surface area is 201 Å². The van der Waals surface area contributed by atoms with Crippen molar-refractivity contribution >= 4 is 45.6 Å². The third-order valence-electron chi connectivity index (χ3n) is 5.90. The highest BCUT2D eigenvalue weighted by molar-refractivity contribution is 8.01. The van der Waals surface area contributed by atoms with Crippen LogP contribution in [-0.2, 0) is 4.79 Å². The highest BCUT2D eigenvalue weighted by atomic mass is 32.2. The Morgan fingerprint density at radius 1 is 1.30 bits per heavy atom. The molecule has 2 aromatic heterocycles. The monoisotopic (exact) mass is 482 g/mol. The largest absolute Gasteiger partial charge is 0.495 e. The molecule has 10 heteroatoms. The van der Waals surface area contributed by atoms with E-state index in [4.69, 9.17) is 4.74 Å². The van der Waals surface area contributed by atoms with E-state index in [1.165, 1.54) is 35.9 Å². The van der Waals surface area contributed by atoms with E-state index >= 15 is 0 Å². The van der Waals surface area contributed by atoms with Crippen molar-refractivity contribution in [3.63, 3.8) is 0 Å². The predicted octanol–water partition coefficient (Wildman–Crippen LogP) is 5.43. The molecule has 1 aromatic carbocycles. The molecule has 8 nitrogen and oxygen atoms in total. The summed E-state index contributed by atoms with van der Waals surface area (Å²) in [5, 5.41) is 24.9. The summed E-state index contributed by atoms with van der Waals surface area (Å²) in [6, 6.07) is 10.2. The highest BCUT2D eigenvalue weighted by Gasteiger charge is 2.26. The number of anilines is 3. The molecule has 2 N–H and O–H groups in total. The van der Waals surface area contributed by atoms with Crippen molar-refractivity contribution in [2.24, 2.45) is 0 Å². The van der Waals surface area contributed by atoms with E-state index in [0.717, 1.165) is 29.8 Å². The van der Waals surface area contributed by atoms with E-state index in [9.17, 15) is 10.1 Å². The zero-order valence-corrected chi connectivity index (χ0v) is 20.5. The van der Waals surface area contributed by atoms with Gasteiger partial charge in [0, 0.05) is 11.7 Å². The SMILES string of the molecule is COc1ccccc1Nc1nnc(SCC(=O)Nc2c(C#N)c(C)c(C)n2C2CCCC2)s1. The molecule has 0 atom stereocenters. The minimum atomic E-state index is -0.164. The molecule has 0 bridgehead atoms. The van der Waals surface area contributed by atoms with Gasteiger partial charge < -0.3 is 19.9 Å². The molecule has 0 aliphatic heterocycles. The summed E-state index contributed by atoms with van der Waals surface area (Å²) >= 11 is 2.69. The summed E-state index contributed by atoms with van der Waals surface area (Å²) in [6.45, 7) is 3.97. The second-order valence-electron chi connectivity index (χ2n) is 7.89. The van der Waals surface area contributed by atoms with Crippen LogP contribution in [0.15, 0.2) is 28.6 Å². The molecular formula is C23H26N6O2S2. The topological polar surface area (TPSA) is 105 Å². The van der Waals surface area contributed by atoms with Crippen molar-refractivity contribution in [1.29, 1.82) is 5.26 Å². The van der Waals surface area contributed by atoms with Crippen LogP contribution in [0, 0.1) is 25.2 Å². The molecule has 0 spiro atoms.